The predicted molar refractivity (Wildman–Crippen MR) is 264 cm³/mol. The molecule has 0 heterocycles. The summed E-state index contributed by atoms with van der Waals surface area (Å²) >= 11 is 0. The van der Waals surface area contributed by atoms with Crippen LogP contribution in [0.25, 0.3) is 0 Å². The Kier molecular flexibility index (Phi) is 25.3. The summed E-state index contributed by atoms with van der Waals surface area (Å²) in [6.07, 6.45) is 30.6. The van der Waals surface area contributed by atoms with Crippen LogP contribution in [0, 0.1) is 0 Å². The van der Waals surface area contributed by atoms with E-state index in [1.807, 2.05) is 0 Å². The first kappa shape index (κ1) is 49.4. The molecule has 4 aromatic carbocycles. The van der Waals surface area contributed by atoms with Crippen molar-refractivity contribution in [2.75, 3.05) is 19.8 Å². The SMILES string of the molecule is CCCCCCCCCCOc1cc(C(C)[P+](c2ccccc2)(c2ccccc2)c2ccccc2)cc(OCCCCCCCCCC)c1OCCCCCCCCCC. The van der Waals surface area contributed by atoms with Gasteiger partial charge in [0.1, 0.15) is 28.8 Å². The maximum atomic E-state index is 6.88. The zero-order valence-corrected chi connectivity index (χ0v) is 39.6. The van der Waals surface area contributed by atoms with Crippen molar-refractivity contribution in [3.63, 3.8) is 0 Å². The second-order valence-corrected chi connectivity index (χ2v) is 21.0. The molecule has 1 unspecified atom stereocenters. The van der Waals surface area contributed by atoms with Gasteiger partial charge in [0.05, 0.1) is 19.8 Å². The van der Waals surface area contributed by atoms with Crippen molar-refractivity contribution < 1.29 is 14.2 Å². The van der Waals surface area contributed by atoms with Crippen LogP contribution in [-0.4, -0.2) is 19.8 Å². The van der Waals surface area contributed by atoms with Crippen molar-refractivity contribution in [2.24, 2.45) is 0 Å². The van der Waals surface area contributed by atoms with E-state index in [4.69, 9.17) is 14.2 Å². The van der Waals surface area contributed by atoms with Crippen LogP contribution in [-0.2, 0) is 0 Å². The lowest BCUT2D eigenvalue weighted by Crippen LogP contribution is -2.34. The monoisotopic (exact) mass is 836 g/mol. The van der Waals surface area contributed by atoms with Gasteiger partial charge in [-0.1, -0.05) is 210 Å². The molecule has 330 valence electrons. The number of benzene rings is 4. The van der Waals surface area contributed by atoms with Gasteiger partial charge >= 0.3 is 0 Å². The molecular formula is C56H84O3P+. The standard InChI is InChI=1S/C56H84O3P/c1-5-8-11-14-17-20-23-35-44-57-54-47-50(49(4)60(51-38-29-26-30-39-51,52-40-31-27-32-41-52)53-42-33-28-34-43-53)48-55(58-45-36-24-21-18-15-12-9-6-2)56(54)59-46-37-25-22-19-16-13-10-7-3/h26-34,38-43,47-49H,5-25,35-37,44-46H2,1-4H3/q+1. The second kappa shape index (κ2) is 30.7. The molecule has 0 aliphatic carbocycles. The van der Waals surface area contributed by atoms with Gasteiger partial charge in [-0.15, -0.1) is 0 Å². The van der Waals surface area contributed by atoms with Crippen molar-refractivity contribution in [2.45, 2.75) is 187 Å². The van der Waals surface area contributed by atoms with E-state index in [9.17, 15) is 0 Å². The third-order valence-corrected chi connectivity index (χ3v) is 17.2. The fourth-order valence-electron chi connectivity index (χ4n) is 8.77. The zero-order valence-electron chi connectivity index (χ0n) is 38.7. The maximum absolute atomic E-state index is 6.88. The maximum Gasteiger partial charge on any atom is 0.203 e. The van der Waals surface area contributed by atoms with E-state index in [-0.39, 0.29) is 5.66 Å². The Bertz CT molecular complexity index is 1480. The second-order valence-electron chi connectivity index (χ2n) is 17.2. The minimum atomic E-state index is -2.22. The van der Waals surface area contributed by atoms with E-state index >= 15 is 0 Å². The summed E-state index contributed by atoms with van der Waals surface area (Å²) in [5.41, 5.74) is 1.39. The number of hydrogen-bond acceptors (Lipinski definition) is 3. The van der Waals surface area contributed by atoms with Crippen LogP contribution in [0.5, 0.6) is 17.2 Å². The van der Waals surface area contributed by atoms with Crippen LogP contribution in [0.1, 0.15) is 193 Å². The molecule has 0 bridgehead atoms. The van der Waals surface area contributed by atoms with Gasteiger partial charge in [-0.3, -0.25) is 0 Å². The van der Waals surface area contributed by atoms with Gasteiger partial charge < -0.3 is 14.2 Å². The molecule has 3 nitrogen and oxygen atoms in total. The van der Waals surface area contributed by atoms with E-state index in [0.29, 0.717) is 19.8 Å². The minimum absolute atomic E-state index is 0.141. The van der Waals surface area contributed by atoms with Crippen LogP contribution in [0.4, 0.5) is 0 Å². The van der Waals surface area contributed by atoms with Crippen molar-refractivity contribution in [1.29, 1.82) is 0 Å². The molecule has 0 spiro atoms. The van der Waals surface area contributed by atoms with E-state index in [0.717, 1.165) is 36.5 Å². The largest absolute Gasteiger partial charge is 0.490 e. The molecule has 0 amide bonds. The Morgan fingerprint density at radius 3 is 0.967 bits per heavy atom. The highest BCUT2D eigenvalue weighted by atomic mass is 31.2. The van der Waals surface area contributed by atoms with Crippen molar-refractivity contribution in [1.82, 2.24) is 0 Å². The normalized spacial score (nSPS) is 12.1. The molecule has 0 radical (unpaired) electrons. The Labute approximate surface area is 369 Å². The van der Waals surface area contributed by atoms with Crippen LogP contribution in [0.15, 0.2) is 103 Å². The van der Waals surface area contributed by atoms with Crippen LogP contribution in [0.3, 0.4) is 0 Å². The van der Waals surface area contributed by atoms with Gasteiger partial charge in [-0.25, -0.2) is 0 Å². The third kappa shape index (κ3) is 16.5. The van der Waals surface area contributed by atoms with Crippen LogP contribution < -0.4 is 30.1 Å². The van der Waals surface area contributed by atoms with Gasteiger partial charge in [-0.05, 0) is 74.7 Å². The van der Waals surface area contributed by atoms with E-state index in [1.165, 1.54) is 156 Å². The summed E-state index contributed by atoms with van der Waals surface area (Å²) in [4.78, 5) is 0. The Hall–Kier alpha value is -3.29. The third-order valence-electron chi connectivity index (χ3n) is 12.4. The summed E-state index contributed by atoms with van der Waals surface area (Å²) in [6, 6.07) is 38.5. The topological polar surface area (TPSA) is 27.7 Å². The summed E-state index contributed by atoms with van der Waals surface area (Å²) in [7, 11) is -2.22. The fraction of sp³-hybridized carbons (Fsp3) is 0.571. The molecule has 0 fully saturated rings. The lowest BCUT2D eigenvalue weighted by molar-refractivity contribution is 0.234. The minimum Gasteiger partial charge on any atom is -0.490 e. The smallest absolute Gasteiger partial charge is 0.203 e. The summed E-state index contributed by atoms with van der Waals surface area (Å²) in [6.45, 7) is 11.4. The lowest BCUT2D eigenvalue weighted by atomic mass is 10.1. The molecule has 4 heteroatoms. The molecule has 0 saturated heterocycles. The van der Waals surface area contributed by atoms with Crippen molar-refractivity contribution >= 4 is 23.2 Å². The number of ether oxygens (including phenoxy) is 3. The number of rotatable bonds is 35. The molecule has 0 N–H and O–H groups in total. The average molecular weight is 836 g/mol. The first-order chi connectivity index (χ1) is 29.7. The molecule has 0 saturated carbocycles. The quantitative estimate of drug-likeness (QED) is 0.0341. The molecule has 4 aromatic rings. The van der Waals surface area contributed by atoms with Gasteiger partial charge in [-0.2, -0.15) is 0 Å². The molecule has 4 rings (SSSR count). The Morgan fingerprint density at radius 2 is 0.650 bits per heavy atom. The molecular weight excluding hydrogens is 752 g/mol. The van der Waals surface area contributed by atoms with Gasteiger partial charge in [0, 0.05) is 5.56 Å². The highest BCUT2D eigenvalue weighted by molar-refractivity contribution is 7.95. The van der Waals surface area contributed by atoms with Gasteiger partial charge in [0.25, 0.3) is 0 Å². The highest BCUT2D eigenvalue weighted by Crippen LogP contribution is 2.67. The average Bonchev–Trinajstić information content (AvgIpc) is 3.29. The molecule has 1 atom stereocenters. The van der Waals surface area contributed by atoms with Crippen LogP contribution in [0.2, 0.25) is 0 Å². The first-order valence-corrected chi connectivity index (χ1v) is 26.6. The summed E-state index contributed by atoms with van der Waals surface area (Å²) < 4.78 is 20.6. The molecule has 0 aromatic heterocycles. The Balaban J connectivity index is 1.68. The fourth-order valence-corrected chi connectivity index (χ4v) is 13.5. The van der Waals surface area contributed by atoms with Crippen molar-refractivity contribution in [3.05, 3.63) is 109 Å². The predicted octanol–water partition coefficient (Wildman–Crippen LogP) is 16.3. The summed E-state index contributed by atoms with van der Waals surface area (Å²) in [5.74, 6) is 2.50. The lowest BCUT2D eigenvalue weighted by Gasteiger charge is -2.33. The first-order valence-electron chi connectivity index (χ1n) is 24.8. The molecule has 0 aliphatic rings. The van der Waals surface area contributed by atoms with Gasteiger partial charge in [0.2, 0.25) is 5.75 Å². The zero-order chi connectivity index (χ0) is 42.4. The number of hydrogen-bond donors (Lipinski definition) is 0. The molecule has 60 heavy (non-hydrogen) atoms. The van der Waals surface area contributed by atoms with Crippen molar-refractivity contribution in [3.8, 4) is 17.2 Å². The molecule has 0 aliphatic heterocycles. The van der Waals surface area contributed by atoms with E-state index in [1.54, 1.807) is 0 Å². The van der Waals surface area contributed by atoms with Crippen LogP contribution >= 0.6 is 7.26 Å². The van der Waals surface area contributed by atoms with E-state index in [2.05, 4.69) is 131 Å². The highest BCUT2D eigenvalue weighted by Gasteiger charge is 2.51. The number of unbranched alkanes of at least 4 members (excludes halogenated alkanes) is 21. The van der Waals surface area contributed by atoms with Gasteiger partial charge in [0.15, 0.2) is 11.5 Å². The Morgan fingerprint density at radius 1 is 0.367 bits per heavy atom. The van der Waals surface area contributed by atoms with E-state index < -0.39 is 7.26 Å². The summed E-state index contributed by atoms with van der Waals surface area (Å²) in [5, 5.41) is 4.15.